The lowest BCUT2D eigenvalue weighted by Gasteiger charge is -2.41. The molecule has 0 heterocycles. The van der Waals surface area contributed by atoms with Gasteiger partial charge in [-0.2, -0.15) is 0 Å². The summed E-state index contributed by atoms with van der Waals surface area (Å²) in [6, 6.07) is 8.60. The molecule has 1 N–H and O–H groups in total. The number of aliphatic hydroxyl groups is 1. The smallest absolute Gasteiger partial charge is 0.183 e. The zero-order valence-electron chi connectivity index (χ0n) is 17.0. The van der Waals surface area contributed by atoms with Crippen LogP contribution in [0.3, 0.4) is 0 Å². The maximum atomic E-state index is 13.8. The van der Waals surface area contributed by atoms with Gasteiger partial charge in [-0.05, 0) is 61.0 Å². The van der Waals surface area contributed by atoms with E-state index in [0.29, 0.717) is 16.6 Å². The van der Waals surface area contributed by atoms with Crippen molar-refractivity contribution in [3.05, 3.63) is 42.5 Å². The lowest BCUT2D eigenvalue weighted by atomic mass is 9.70. The van der Waals surface area contributed by atoms with Crippen LogP contribution in [0.5, 0.6) is 0 Å². The molecular formula is C23H30O4S2. The molecule has 0 saturated heterocycles. The molecule has 1 aromatic rings. The Hall–Kier alpha value is -0.980. The zero-order chi connectivity index (χ0) is 20.6. The quantitative estimate of drug-likeness (QED) is 0.722. The van der Waals surface area contributed by atoms with Crippen LogP contribution in [0.25, 0.3) is 0 Å². The molecule has 3 saturated carbocycles. The van der Waals surface area contributed by atoms with E-state index in [-0.39, 0.29) is 27.9 Å². The Morgan fingerprint density at radius 2 is 1.79 bits per heavy atom. The van der Waals surface area contributed by atoms with Crippen LogP contribution < -0.4 is 0 Å². The molecule has 0 radical (unpaired) electrons. The number of benzene rings is 1. The molecule has 3 fully saturated rings. The van der Waals surface area contributed by atoms with Gasteiger partial charge in [-0.25, -0.2) is 8.42 Å². The molecule has 1 aromatic carbocycles. The minimum Gasteiger partial charge on any atom is -0.392 e. The predicted molar refractivity (Wildman–Crippen MR) is 115 cm³/mol. The number of rotatable bonds is 5. The topological polar surface area (TPSA) is 71.4 Å². The van der Waals surface area contributed by atoms with E-state index in [2.05, 4.69) is 19.9 Å². The van der Waals surface area contributed by atoms with Crippen LogP contribution in [-0.2, 0) is 20.6 Å². The minimum absolute atomic E-state index is 0.0522. The molecule has 4 bridgehead atoms. The van der Waals surface area contributed by atoms with Crippen molar-refractivity contribution < 1.29 is 17.7 Å². The Morgan fingerprint density at radius 1 is 1.10 bits per heavy atom. The molecule has 0 spiro atoms. The van der Waals surface area contributed by atoms with Gasteiger partial charge in [0.25, 0.3) is 0 Å². The van der Waals surface area contributed by atoms with Crippen molar-refractivity contribution in [2.45, 2.75) is 61.0 Å². The third kappa shape index (κ3) is 2.64. The highest BCUT2D eigenvalue weighted by Crippen LogP contribution is 2.66. The second-order valence-electron chi connectivity index (χ2n) is 10.1. The largest absolute Gasteiger partial charge is 0.392 e. The van der Waals surface area contributed by atoms with Crippen LogP contribution in [0.4, 0.5) is 0 Å². The lowest BCUT2D eigenvalue weighted by molar-refractivity contribution is 0.0159. The Morgan fingerprint density at radius 3 is 2.41 bits per heavy atom. The fourth-order valence-corrected chi connectivity index (χ4v) is 12.4. The van der Waals surface area contributed by atoms with E-state index in [9.17, 15) is 17.7 Å². The second kappa shape index (κ2) is 6.51. The van der Waals surface area contributed by atoms with E-state index in [4.69, 9.17) is 0 Å². The van der Waals surface area contributed by atoms with E-state index in [0.717, 1.165) is 25.7 Å². The molecular weight excluding hydrogens is 404 g/mol. The molecule has 0 aromatic heterocycles. The fourth-order valence-electron chi connectivity index (χ4n) is 6.98. The Kier molecular flexibility index (Phi) is 4.48. The first-order valence-corrected chi connectivity index (χ1v) is 13.6. The summed E-state index contributed by atoms with van der Waals surface area (Å²) in [5.74, 6) is 0.882. The van der Waals surface area contributed by atoms with Crippen molar-refractivity contribution in [1.82, 2.24) is 0 Å². The van der Waals surface area contributed by atoms with Gasteiger partial charge >= 0.3 is 0 Å². The first kappa shape index (κ1) is 20.0. The van der Waals surface area contributed by atoms with Crippen molar-refractivity contribution in [3.63, 3.8) is 0 Å². The molecule has 8 atom stereocenters. The predicted octanol–water partition coefficient (Wildman–Crippen LogP) is 3.34. The van der Waals surface area contributed by atoms with Gasteiger partial charge in [-0.15, -0.1) is 0 Å². The summed E-state index contributed by atoms with van der Waals surface area (Å²) in [5.41, 5.74) is -0.404. The first-order valence-electron chi connectivity index (χ1n) is 10.7. The van der Waals surface area contributed by atoms with Crippen molar-refractivity contribution in [2.24, 2.45) is 28.6 Å². The number of fused-ring (bicyclic) bond motifs is 4. The molecule has 1 unspecified atom stereocenters. The number of hydrogen-bond acceptors (Lipinski definition) is 4. The lowest BCUT2D eigenvalue weighted by Crippen LogP contribution is -2.48. The molecule has 4 aliphatic carbocycles. The SMILES string of the molecule is CC1(C)[C@@H]2CC[C@@]1(CS(=O)[C@H]1[C@@H](S(=O)(=O)c3ccccc3)[C@H]3C=C[C@@H]1C3)[C@H](O)C2. The molecule has 6 heteroatoms. The highest BCUT2D eigenvalue weighted by atomic mass is 32.2. The summed E-state index contributed by atoms with van der Waals surface area (Å²) in [5, 5.41) is 9.86. The Labute approximate surface area is 176 Å². The molecule has 0 amide bonds. The second-order valence-corrected chi connectivity index (χ2v) is 13.8. The summed E-state index contributed by atoms with van der Waals surface area (Å²) >= 11 is 0. The molecule has 0 aliphatic heterocycles. The van der Waals surface area contributed by atoms with Crippen LogP contribution in [0, 0.1) is 28.6 Å². The number of sulfone groups is 1. The standard InChI is InChI=1S/C23H30O4S2/c1-22(2)17-10-11-23(22,19(24)13-17)14-28(25)20-15-8-9-16(12-15)21(20)29(26,27)18-6-4-3-5-7-18/h3-9,15-17,19-21,24H,10-14H2,1-2H3/t15-,16+,17-,19-,20-,21+,23-,28?/m1/s1. The third-order valence-corrected chi connectivity index (χ3v) is 13.3. The summed E-state index contributed by atoms with van der Waals surface area (Å²) < 4.78 is 40.8. The van der Waals surface area contributed by atoms with E-state index >= 15 is 0 Å². The van der Waals surface area contributed by atoms with Crippen molar-refractivity contribution in [1.29, 1.82) is 0 Å². The maximum Gasteiger partial charge on any atom is 0.183 e. The summed E-state index contributed by atoms with van der Waals surface area (Å²) in [6.45, 7) is 4.41. The first-order chi connectivity index (χ1) is 13.7. The normalized spacial score (nSPS) is 43.1. The average Bonchev–Trinajstić information content (AvgIpc) is 3.40. The van der Waals surface area contributed by atoms with Crippen LogP contribution >= 0.6 is 0 Å². The highest BCUT2D eigenvalue weighted by molar-refractivity contribution is 7.94. The van der Waals surface area contributed by atoms with Gasteiger partial charge in [-0.1, -0.05) is 44.2 Å². The molecule has 158 valence electrons. The van der Waals surface area contributed by atoms with Crippen molar-refractivity contribution >= 4 is 20.6 Å². The van der Waals surface area contributed by atoms with E-state index in [1.54, 1.807) is 24.3 Å². The van der Waals surface area contributed by atoms with Crippen LogP contribution in [-0.4, -0.2) is 40.1 Å². The Bertz CT molecular complexity index is 968. The summed E-state index contributed by atoms with van der Waals surface area (Å²) in [7, 11) is -4.87. The van der Waals surface area contributed by atoms with Gasteiger partial charge in [-0.3, -0.25) is 4.21 Å². The minimum atomic E-state index is -3.56. The van der Waals surface area contributed by atoms with Gasteiger partial charge in [0, 0.05) is 22.0 Å². The van der Waals surface area contributed by atoms with Crippen LogP contribution in [0.2, 0.25) is 0 Å². The monoisotopic (exact) mass is 434 g/mol. The van der Waals surface area contributed by atoms with E-state index in [1.165, 1.54) is 0 Å². The van der Waals surface area contributed by atoms with E-state index < -0.39 is 32.0 Å². The molecule has 4 nitrogen and oxygen atoms in total. The third-order valence-electron chi connectivity index (χ3n) is 8.84. The number of aliphatic hydroxyl groups excluding tert-OH is 1. The van der Waals surface area contributed by atoms with Gasteiger partial charge in [0.1, 0.15) is 0 Å². The van der Waals surface area contributed by atoms with Crippen molar-refractivity contribution in [2.75, 3.05) is 5.75 Å². The maximum absolute atomic E-state index is 13.8. The van der Waals surface area contributed by atoms with Crippen molar-refractivity contribution in [3.8, 4) is 0 Å². The molecule has 4 aliphatic rings. The van der Waals surface area contributed by atoms with Gasteiger partial charge < -0.3 is 5.11 Å². The van der Waals surface area contributed by atoms with Gasteiger partial charge in [0.15, 0.2) is 9.84 Å². The summed E-state index contributed by atoms with van der Waals surface area (Å²) in [6.07, 6.45) is 7.19. The van der Waals surface area contributed by atoms with Crippen LogP contribution in [0.15, 0.2) is 47.4 Å². The fraction of sp³-hybridized carbons (Fsp3) is 0.652. The van der Waals surface area contributed by atoms with E-state index in [1.807, 2.05) is 12.1 Å². The van der Waals surface area contributed by atoms with Gasteiger partial charge in [0.2, 0.25) is 0 Å². The number of hydrogen-bond donors (Lipinski definition) is 1. The zero-order valence-corrected chi connectivity index (χ0v) is 18.7. The van der Waals surface area contributed by atoms with Gasteiger partial charge in [0.05, 0.1) is 21.5 Å². The highest BCUT2D eigenvalue weighted by Gasteiger charge is 2.65. The molecule has 5 rings (SSSR count). The summed E-state index contributed by atoms with van der Waals surface area (Å²) in [4.78, 5) is 0.327. The number of allylic oxidation sites excluding steroid dienone is 2. The van der Waals surface area contributed by atoms with Crippen LogP contribution in [0.1, 0.15) is 39.5 Å². The average molecular weight is 435 g/mol. The Balaban J connectivity index is 1.49. The molecule has 29 heavy (non-hydrogen) atoms.